The van der Waals surface area contributed by atoms with Gasteiger partial charge in [0, 0.05) is 12.0 Å². The quantitative estimate of drug-likeness (QED) is 0.765. The zero-order valence-electron chi connectivity index (χ0n) is 12.0. The van der Waals surface area contributed by atoms with E-state index in [9.17, 15) is 0 Å². The van der Waals surface area contributed by atoms with Crippen molar-refractivity contribution in [2.24, 2.45) is 5.73 Å². The summed E-state index contributed by atoms with van der Waals surface area (Å²) in [6, 6.07) is 24.1. The summed E-state index contributed by atoms with van der Waals surface area (Å²) in [7, 11) is 0. The van der Waals surface area contributed by atoms with Crippen LogP contribution in [0.25, 0.3) is 10.8 Å². The topological polar surface area (TPSA) is 26.0 Å². The molecule has 3 aromatic carbocycles. The van der Waals surface area contributed by atoms with Gasteiger partial charge < -0.3 is 5.73 Å². The molecule has 0 aromatic heterocycles. The Hall–Kier alpha value is -2.12. The molecule has 2 atom stereocenters. The molecule has 104 valence electrons. The van der Waals surface area contributed by atoms with E-state index in [-0.39, 0.29) is 6.04 Å². The zero-order chi connectivity index (χ0) is 14.2. The summed E-state index contributed by atoms with van der Waals surface area (Å²) in [6.07, 6.45) is 2.08. The molecular weight excluding hydrogens is 254 g/mol. The van der Waals surface area contributed by atoms with Crippen molar-refractivity contribution in [1.29, 1.82) is 0 Å². The van der Waals surface area contributed by atoms with Gasteiger partial charge in [0.25, 0.3) is 0 Å². The minimum Gasteiger partial charge on any atom is -0.327 e. The lowest BCUT2D eigenvalue weighted by molar-refractivity contribution is 0.481. The van der Waals surface area contributed by atoms with Gasteiger partial charge in [-0.1, -0.05) is 66.7 Å². The Morgan fingerprint density at radius 2 is 1.67 bits per heavy atom. The van der Waals surface area contributed by atoms with Crippen molar-refractivity contribution in [3.63, 3.8) is 0 Å². The molecule has 1 heteroatoms. The van der Waals surface area contributed by atoms with E-state index in [2.05, 4.69) is 66.7 Å². The first-order chi connectivity index (χ1) is 10.3. The molecule has 1 nitrogen and oxygen atoms in total. The van der Waals surface area contributed by atoms with Crippen molar-refractivity contribution in [3.8, 4) is 0 Å². The van der Waals surface area contributed by atoms with Crippen LogP contribution in [0.4, 0.5) is 0 Å². The number of rotatable bonds is 3. The van der Waals surface area contributed by atoms with E-state index in [4.69, 9.17) is 5.73 Å². The molecule has 2 N–H and O–H groups in total. The van der Waals surface area contributed by atoms with Gasteiger partial charge in [0.2, 0.25) is 0 Å². The van der Waals surface area contributed by atoms with Gasteiger partial charge in [-0.25, -0.2) is 0 Å². The molecular formula is C20H19N. The van der Waals surface area contributed by atoms with Crippen LogP contribution >= 0.6 is 0 Å². The molecule has 0 radical (unpaired) electrons. The summed E-state index contributed by atoms with van der Waals surface area (Å²) in [5.41, 5.74) is 10.7. The molecule has 0 aliphatic heterocycles. The lowest BCUT2D eigenvalue weighted by Gasteiger charge is -2.34. The van der Waals surface area contributed by atoms with E-state index in [1.54, 1.807) is 0 Å². The average molecular weight is 273 g/mol. The smallest absolute Gasteiger partial charge is 0.0152 e. The highest BCUT2D eigenvalue weighted by Gasteiger charge is 2.30. The molecule has 4 rings (SSSR count). The summed E-state index contributed by atoms with van der Waals surface area (Å²) in [4.78, 5) is 0. The lowest BCUT2D eigenvalue weighted by Crippen LogP contribution is -2.37. The van der Waals surface area contributed by atoms with Crippen LogP contribution < -0.4 is 5.73 Å². The molecule has 0 saturated carbocycles. The third-order valence-electron chi connectivity index (χ3n) is 4.70. The highest BCUT2D eigenvalue weighted by Crippen LogP contribution is 2.37. The largest absolute Gasteiger partial charge is 0.327 e. The maximum Gasteiger partial charge on any atom is 0.0152 e. The van der Waals surface area contributed by atoms with E-state index in [0.717, 1.165) is 12.8 Å². The van der Waals surface area contributed by atoms with Crippen LogP contribution in [0.15, 0.2) is 66.7 Å². The van der Waals surface area contributed by atoms with Crippen LogP contribution in [0.3, 0.4) is 0 Å². The maximum atomic E-state index is 6.47. The molecule has 1 aliphatic carbocycles. The normalized spacial score (nSPS) is 18.0. The Labute approximate surface area is 125 Å². The van der Waals surface area contributed by atoms with E-state index in [1.807, 2.05) is 0 Å². The molecule has 21 heavy (non-hydrogen) atoms. The van der Waals surface area contributed by atoms with Crippen LogP contribution in [0.5, 0.6) is 0 Å². The highest BCUT2D eigenvalue weighted by molar-refractivity contribution is 5.83. The van der Waals surface area contributed by atoms with Crippen LogP contribution in [0, 0.1) is 0 Å². The maximum absolute atomic E-state index is 6.47. The lowest BCUT2D eigenvalue weighted by atomic mass is 9.72. The fraction of sp³-hybridized carbons (Fsp3) is 0.200. The molecule has 0 amide bonds. The predicted molar refractivity (Wildman–Crippen MR) is 88.5 cm³/mol. The second kappa shape index (κ2) is 5.01. The van der Waals surface area contributed by atoms with Gasteiger partial charge in [-0.3, -0.25) is 0 Å². The van der Waals surface area contributed by atoms with E-state index < -0.39 is 0 Å². The van der Waals surface area contributed by atoms with Gasteiger partial charge in [0.05, 0.1) is 0 Å². The fourth-order valence-electron chi connectivity index (χ4n) is 3.46. The third-order valence-corrected chi connectivity index (χ3v) is 4.70. The Morgan fingerprint density at radius 1 is 0.905 bits per heavy atom. The monoisotopic (exact) mass is 273 g/mol. The van der Waals surface area contributed by atoms with Crippen molar-refractivity contribution in [2.75, 3.05) is 0 Å². The number of fused-ring (bicyclic) bond motifs is 2. The van der Waals surface area contributed by atoms with Crippen LogP contribution in [0.2, 0.25) is 0 Å². The van der Waals surface area contributed by atoms with Gasteiger partial charge in [-0.15, -0.1) is 0 Å². The summed E-state index contributed by atoms with van der Waals surface area (Å²) in [5.74, 6) is 0.521. The summed E-state index contributed by atoms with van der Waals surface area (Å²) in [6.45, 7) is 0. The molecule has 0 fully saturated rings. The van der Waals surface area contributed by atoms with Crippen LogP contribution in [-0.4, -0.2) is 6.04 Å². The number of benzene rings is 3. The van der Waals surface area contributed by atoms with Crippen molar-refractivity contribution >= 4 is 10.8 Å². The SMILES string of the molecule is NC(Cc1ccc2ccccc2c1)C1Cc2ccccc21. The molecule has 0 heterocycles. The first-order valence-electron chi connectivity index (χ1n) is 7.62. The van der Waals surface area contributed by atoms with E-state index >= 15 is 0 Å². The van der Waals surface area contributed by atoms with Gasteiger partial charge >= 0.3 is 0 Å². The first kappa shape index (κ1) is 12.6. The van der Waals surface area contributed by atoms with E-state index in [0.29, 0.717) is 5.92 Å². The zero-order valence-corrected chi connectivity index (χ0v) is 12.0. The standard InChI is InChI=1S/C20H19N/c21-20(19-13-17-7-3-4-8-18(17)19)12-14-9-10-15-5-1-2-6-16(15)11-14/h1-11,19-20H,12-13,21H2. The molecule has 0 saturated heterocycles. The minimum atomic E-state index is 0.209. The van der Waals surface area contributed by atoms with E-state index in [1.165, 1.54) is 27.5 Å². The van der Waals surface area contributed by atoms with Gasteiger partial charge in [0.15, 0.2) is 0 Å². The number of hydrogen-bond acceptors (Lipinski definition) is 1. The van der Waals surface area contributed by atoms with Crippen molar-refractivity contribution < 1.29 is 0 Å². The summed E-state index contributed by atoms with van der Waals surface area (Å²) in [5, 5.41) is 2.60. The Kier molecular flexibility index (Phi) is 3.01. The molecule has 2 unspecified atom stereocenters. The minimum absolute atomic E-state index is 0.209. The van der Waals surface area contributed by atoms with Gasteiger partial charge in [-0.05, 0) is 40.3 Å². The first-order valence-corrected chi connectivity index (χ1v) is 7.62. The number of nitrogens with two attached hydrogens (primary N) is 1. The van der Waals surface area contributed by atoms with Crippen molar-refractivity contribution in [2.45, 2.75) is 24.8 Å². The molecule has 0 bridgehead atoms. The Bertz CT molecular complexity index is 790. The molecule has 3 aromatic rings. The van der Waals surface area contributed by atoms with Crippen molar-refractivity contribution in [1.82, 2.24) is 0 Å². The predicted octanol–water partition coefficient (Wildman–Crippen LogP) is 4.05. The van der Waals surface area contributed by atoms with Crippen LogP contribution in [0.1, 0.15) is 22.6 Å². The third kappa shape index (κ3) is 2.24. The summed E-state index contributed by atoms with van der Waals surface area (Å²) >= 11 is 0. The fourth-order valence-corrected chi connectivity index (χ4v) is 3.46. The molecule has 1 aliphatic rings. The Morgan fingerprint density at radius 3 is 2.52 bits per heavy atom. The molecule has 0 spiro atoms. The second-order valence-electron chi connectivity index (χ2n) is 6.06. The van der Waals surface area contributed by atoms with Gasteiger partial charge in [-0.2, -0.15) is 0 Å². The van der Waals surface area contributed by atoms with Gasteiger partial charge in [0.1, 0.15) is 0 Å². The highest BCUT2D eigenvalue weighted by atomic mass is 14.7. The number of hydrogen-bond donors (Lipinski definition) is 1. The van der Waals surface area contributed by atoms with Crippen molar-refractivity contribution in [3.05, 3.63) is 83.4 Å². The average Bonchev–Trinajstić information content (AvgIpc) is 2.48. The van der Waals surface area contributed by atoms with Crippen LogP contribution in [-0.2, 0) is 12.8 Å². The summed E-state index contributed by atoms with van der Waals surface area (Å²) < 4.78 is 0. The second-order valence-corrected chi connectivity index (χ2v) is 6.06. The Balaban J connectivity index is 1.55.